The van der Waals surface area contributed by atoms with Crippen LogP contribution in [0.15, 0.2) is 54.6 Å². The van der Waals surface area contributed by atoms with Crippen molar-refractivity contribution in [3.8, 4) is 5.75 Å². The van der Waals surface area contributed by atoms with Crippen LogP contribution >= 0.6 is 36.4 Å². The van der Waals surface area contributed by atoms with Crippen LogP contribution in [0.3, 0.4) is 0 Å². The summed E-state index contributed by atoms with van der Waals surface area (Å²) in [4.78, 5) is 4.97. The molecule has 2 aromatic rings. The Hall–Kier alpha value is -0.970. The average molecular weight is 404 g/mol. The maximum Gasteiger partial charge on any atom is 0.119 e. The van der Waals surface area contributed by atoms with Crippen molar-refractivity contribution in [2.75, 3.05) is 39.3 Å². The second kappa shape index (κ2) is 11.6. The molecule has 0 unspecified atom stereocenters. The van der Waals surface area contributed by atoms with Crippen molar-refractivity contribution in [1.29, 1.82) is 0 Å². The summed E-state index contributed by atoms with van der Waals surface area (Å²) in [7, 11) is 0. The van der Waals surface area contributed by atoms with Gasteiger partial charge in [-0.15, -0.1) is 24.8 Å². The van der Waals surface area contributed by atoms with Gasteiger partial charge in [0.2, 0.25) is 0 Å². The quantitative estimate of drug-likeness (QED) is 0.712. The smallest absolute Gasteiger partial charge is 0.119 e. The highest BCUT2D eigenvalue weighted by Crippen LogP contribution is 2.13. The summed E-state index contributed by atoms with van der Waals surface area (Å²) in [6, 6.07) is 18.2. The Bertz CT molecular complexity index is 587. The molecule has 0 radical (unpaired) electrons. The topological polar surface area (TPSA) is 15.7 Å². The van der Waals surface area contributed by atoms with Crippen molar-refractivity contribution in [2.24, 2.45) is 0 Å². The Kier molecular flexibility index (Phi) is 10.2. The summed E-state index contributed by atoms with van der Waals surface area (Å²) >= 11 is 5.93. The highest BCUT2D eigenvalue weighted by Gasteiger charge is 2.16. The molecule has 0 spiro atoms. The van der Waals surface area contributed by atoms with Gasteiger partial charge in [0, 0.05) is 44.3 Å². The molecule has 138 valence electrons. The molecule has 0 amide bonds. The van der Waals surface area contributed by atoms with Crippen molar-refractivity contribution < 1.29 is 4.74 Å². The fourth-order valence-corrected chi connectivity index (χ4v) is 2.95. The fourth-order valence-electron chi connectivity index (χ4n) is 2.83. The lowest BCUT2D eigenvalue weighted by Gasteiger charge is -2.34. The SMILES string of the molecule is Cl.Cl.Clc1ccc(CN2CCN(CCOc3ccccc3)CC2)cc1. The fraction of sp³-hybridized carbons (Fsp3) is 0.368. The minimum Gasteiger partial charge on any atom is -0.492 e. The molecule has 2 aromatic carbocycles. The Morgan fingerprint density at radius 2 is 1.40 bits per heavy atom. The predicted octanol–water partition coefficient (Wildman–Crippen LogP) is 4.38. The van der Waals surface area contributed by atoms with E-state index in [0.29, 0.717) is 0 Å². The highest BCUT2D eigenvalue weighted by molar-refractivity contribution is 6.30. The van der Waals surface area contributed by atoms with Crippen LogP contribution in [0.1, 0.15) is 5.56 Å². The normalized spacial score (nSPS) is 15.1. The highest BCUT2D eigenvalue weighted by atomic mass is 35.5. The zero-order valence-electron chi connectivity index (χ0n) is 14.1. The second-order valence-corrected chi connectivity index (χ2v) is 6.34. The van der Waals surface area contributed by atoms with Gasteiger partial charge in [0.15, 0.2) is 0 Å². The zero-order valence-corrected chi connectivity index (χ0v) is 16.5. The summed E-state index contributed by atoms with van der Waals surface area (Å²) in [5, 5.41) is 0.803. The standard InChI is InChI=1S/C19H23ClN2O.2ClH/c20-18-8-6-17(7-9-18)16-22-12-10-21(11-13-22)14-15-23-19-4-2-1-3-5-19;;/h1-9H,10-16H2;2*1H. The summed E-state index contributed by atoms with van der Waals surface area (Å²) < 4.78 is 5.77. The summed E-state index contributed by atoms with van der Waals surface area (Å²) in [5.41, 5.74) is 1.33. The molecule has 0 N–H and O–H groups in total. The minimum absolute atomic E-state index is 0. The van der Waals surface area contributed by atoms with Gasteiger partial charge in [-0.1, -0.05) is 41.9 Å². The average Bonchev–Trinajstić information content (AvgIpc) is 2.59. The lowest BCUT2D eigenvalue weighted by molar-refractivity contribution is 0.112. The van der Waals surface area contributed by atoms with Gasteiger partial charge in [-0.05, 0) is 29.8 Å². The number of ether oxygens (including phenoxy) is 1. The number of para-hydroxylation sites is 1. The summed E-state index contributed by atoms with van der Waals surface area (Å²) in [6.45, 7) is 7.16. The van der Waals surface area contributed by atoms with E-state index in [1.54, 1.807) is 0 Å². The molecule has 1 heterocycles. The third-order valence-corrected chi connectivity index (χ3v) is 4.46. The van der Waals surface area contributed by atoms with Crippen LogP contribution in [0.4, 0.5) is 0 Å². The molecular formula is C19H25Cl3N2O. The molecule has 0 aliphatic carbocycles. The number of hydrogen-bond acceptors (Lipinski definition) is 3. The molecule has 0 atom stereocenters. The van der Waals surface area contributed by atoms with Gasteiger partial charge in [0.25, 0.3) is 0 Å². The molecule has 0 bridgehead atoms. The van der Waals surface area contributed by atoms with Crippen LogP contribution < -0.4 is 4.74 Å². The van der Waals surface area contributed by atoms with E-state index in [1.165, 1.54) is 5.56 Å². The van der Waals surface area contributed by atoms with E-state index in [-0.39, 0.29) is 24.8 Å². The molecule has 0 aromatic heterocycles. The molecular weight excluding hydrogens is 379 g/mol. The van der Waals surface area contributed by atoms with E-state index in [4.69, 9.17) is 16.3 Å². The largest absolute Gasteiger partial charge is 0.492 e. The summed E-state index contributed by atoms with van der Waals surface area (Å²) in [6.07, 6.45) is 0. The first-order chi connectivity index (χ1) is 11.3. The molecule has 3 nitrogen and oxygen atoms in total. The van der Waals surface area contributed by atoms with Crippen molar-refractivity contribution in [3.05, 3.63) is 65.2 Å². The maximum atomic E-state index is 5.93. The van der Waals surface area contributed by atoms with Crippen LogP contribution in [0, 0.1) is 0 Å². The van der Waals surface area contributed by atoms with E-state index < -0.39 is 0 Å². The van der Waals surface area contributed by atoms with Gasteiger partial charge in [-0.25, -0.2) is 0 Å². The van der Waals surface area contributed by atoms with Gasteiger partial charge in [-0.2, -0.15) is 0 Å². The lowest BCUT2D eigenvalue weighted by Crippen LogP contribution is -2.47. The predicted molar refractivity (Wildman–Crippen MR) is 110 cm³/mol. The molecule has 3 rings (SSSR count). The minimum atomic E-state index is 0. The van der Waals surface area contributed by atoms with Gasteiger partial charge in [0.1, 0.15) is 12.4 Å². The van der Waals surface area contributed by atoms with E-state index >= 15 is 0 Å². The first-order valence-electron chi connectivity index (χ1n) is 8.16. The van der Waals surface area contributed by atoms with Crippen LogP contribution in [0.2, 0.25) is 5.02 Å². The second-order valence-electron chi connectivity index (χ2n) is 5.91. The van der Waals surface area contributed by atoms with Crippen molar-refractivity contribution in [3.63, 3.8) is 0 Å². The molecule has 1 fully saturated rings. The number of rotatable bonds is 6. The van der Waals surface area contributed by atoms with E-state index in [9.17, 15) is 0 Å². The van der Waals surface area contributed by atoms with Crippen LogP contribution in [-0.2, 0) is 6.54 Å². The molecule has 1 aliphatic heterocycles. The Morgan fingerprint density at radius 1 is 0.800 bits per heavy atom. The van der Waals surface area contributed by atoms with Gasteiger partial charge < -0.3 is 4.74 Å². The summed E-state index contributed by atoms with van der Waals surface area (Å²) in [5.74, 6) is 0.953. The molecule has 1 aliphatic rings. The monoisotopic (exact) mass is 402 g/mol. The van der Waals surface area contributed by atoms with Gasteiger partial charge in [-0.3, -0.25) is 9.80 Å². The van der Waals surface area contributed by atoms with Crippen molar-refractivity contribution in [2.45, 2.75) is 6.54 Å². The lowest BCUT2D eigenvalue weighted by atomic mass is 10.2. The Balaban J connectivity index is 0.00000156. The number of nitrogens with zero attached hydrogens (tertiary/aromatic N) is 2. The zero-order chi connectivity index (χ0) is 15.9. The van der Waals surface area contributed by atoms with Crippen molar-refractivity contribution >= 4 is 36.4 Å². The van der Waals surface area contributed by atoms with Crippen molar-refractivity contribution in [1.82, 2.24) is 9.80 Å². The number of piperazine rings is 1. The number of benzene rings is 2. The third-order valence-electron chi connectivity index (χ3n) is 4.20. The van der Waals surface area contributed by atoms with Gasteiger partial charge in [0.05, 0.1) is 0 Å². The molecule has 6 heteroatoms. The van der Waals surface area contributed by atoms with Crippen LogP contribution in [0.5, 0.6) is 5.75 Å². The first-order valence-corrected chi connectivity index (χ1v) is 8.54. The van der Waals surface area contributed by atoms with E-state index in [0.717, 1.165) is 56.6 Å². The first kappa shape index (κ1) is 22.1. The van der Waals surface area contributed by atoms with Crippen LogP contribution in [-0.4, -0.2) is 49.1 Å². The van der Waals surface area contributed by atoms with E-state index in [1.807, 2.05) is 42.5 Å². The molecule has 25 heavy (non-hydrogen) atoms. The maximum absolute atomic E-state index is 5.93. The Labute approximate surface area is 167 Å². The Morgan fingerprint density at radius 3 is 2.04 bits per heavy atom. The number of hydrogen-bond donors (Lipinski definition) is 0. The van der Waals surface area contributed by atoms with E-state index in [2.05, 4.69) is 21.9 Å². The third kappa shape index (κ3) is 7.43. The number of halogens is 3. The molecule has 0 saturated carbocycles. The van der Waals surface area contributed by atoms with Crippen LogP contribution in [0.25, 0.3) is 0 Å². The van der Waals surface area contributed by atoms with Gasteiger partial charge >= 0.3 is 0 Å². The molecule has 1 saturated heterocycles.